The fraction of sp³-hybridized carbons (Fsp3) is 0.143. The smallest absolute Gasteiger partial charge is 0.455 e. The first-order valence-corrected chi connectivity index (χ1v) is 10.7. The Balaban J connectivity index is 1.66. The Morgan fingerprint density at radius 1 is 1.22 bits per heavy atom. The number of aromatic nitrogens is 9. The minimum absolute atomic E-state index is 0.0340. The molecule has 0 atom stereocenters. The summed E-state index contributed by atoms with van der Waals surface area (Å²) in [6.45, 7) is 1.31. The number of nitrogens with zero attached hydrogens (tertiary/aromatic N) is 8. The molecule has 0 amide bonds. The van der Waals surface area contributed by atoms with Gasteiger partial charge in [0.15, 0.2) is 11.6 Å². The summed E-state index contributed by atoms with van der Waals surface area (Å²) in [4.78, 5) is 36.3. The van der Waals surface area contributed by atoms with Crippen LogP contribution in [0.2, 0.25) is 5.02 Å². The standard InChI is InChI=1S/C21H13ClF3N9O3/c1-9-5-10(19(36)37)6-12-15(9)27-16(28-18(12)35)14-7-11(8-33-31-20(29-32-33)21(23,24)25)30-34(14)17-13(22)3-2-4-26-17/h2-7H,8H2,1H3,(H,36,37)(H,27,28,35). The number of hydrogen-bond acceptors (Lipinski definition) is 8. The average molecular weight is 532 g/mol. The second-order valence-corrected chi connectivity index (χ2v) is 8.20. The van der Waals surface area contributed by atoms with E-state index in [1.165, 1.54) is 29.1 Å². The minimum atomic E-state index is -4.77. The number of aryl methyl sites for hydroxylation is 1. The molecule has 0 saturated carbocycles. The predicted molar refractivity (Wildman–Crippen MR) is 121 cm³/mol. The summed E-state index contributed by atoms with van der Waals surface area (Å²) in [5.41, 5.74) is 0.390. The van der Waals surface area contributed by atoms with Gasteiger partial charge in [0.05, 0.1) is 27.2 Å². The molecule has 0 aliphatic rings. The van der Waals surface area contributed by atoms with Gasteiger partial charge in [-0.05, 0) is 48.0 Å². The van der Waals surface area contributed by atoms with Crippen LogP contribution in [0, 0.1) is 6.92 Å². The molecule has 5 aromatic rings. The lowest BCUT2D eigenvalue weighted by Gasteiger charge is -2.09. The molecule has 0 radical (unpaired) electrons. The summed E-state index contributed by atoms with van der Waals surface area (Å²) in [5, 5.41) is 23.7. The minimum Gasteiger partial charge on any atom is -0.478 e. The van der Waals surface area contributed by atoms with E-state index in [1.807, 2.05) is 0 Å². The van der Waals surface area contributed by atoms with Gasteiger partial charge in [-0.15, -0.1) is 10.2 Å². The van der Waals surface area contributed by atoms with E-state index in [2.05, 4.69) is 35.5 Å². The molecule has 0 aliphatic carbocycles. The molecular weight excluding hydrogens is 519 g/mol. The van der Waals surface area contributed by atoms with E-state index in [0.717, 1.165) is 0 Å². The third-order valence-corrected chi connectivity index (χ3v) is 5.49. The summed E-state index contributed by atoms with van der Waals surface area (Å²) in [7, 11) is 0. The summed E-state index contributed by atoms with van der Waals surface area (Å²) in [6, 6.07) is 7.19. The molecule has 0 saturated heterocycles. The number of rotatable bonds is 5. The molecule has 0 fully saturated rings. The van der Waals surface area contributed by atoms with Gasteiger partial charge in [0.2, 0.25) is 0 Å². The zero-order chi connectivity index (χ0) is 26.5. The van der Waals surface area contributed by atoms with E-state index in [4.69, 9.17) is 11.6 Å². The monoisotopic (exact) mass is 531 g/mol. The number of pyridine rings is 1. The molecule has 4 heterocycles. The van der Waals surface area contributed by atoms with Crippen molar-refractivity contribution < 1.29 is 23.1 Å². The van der Waals surface area contributed by atoms with Crippen molar-refractivity contribution in [1.82, 2.24) is 44.9 Å². The van der Waals surface area contributed by atoms with Crippen molar-refractivity contribution in [3.63, 3.8) is 0 Å². The van der Waals surface area contributed by atoms with Gasteiger partial charge < -0.3 is 10.1 Å². The molecule has 5 rings (SSSR count). The Bertz CT molecular complexity index is 1740. The Morgan fingerprint density at radius 2 is 2.00 bits per heavy atom. The van der Waals surface area contributed by atoms with E-state index in [-0.39, 0.29) is 51.1 Å². The number of carboxylic acid groups (broad SMARTS) is 1. The Kier molecular flexibility index (Phi) is 5.70. The van der Waals surface area contributed by atoms with Crippen LogP contribution in [0.1, 0.15) is 27.4 Å². The molecule has 16 heteroatoms. The van der Waals surface area contributed by atoms with Crippen LogP contribution in [-0.2, 0) is 12.7 Å². The van der Waals surface area contributed by atoms with Crippen LogP contribution in [0.4, 0.5) is 13.2 Å². The van der Waals surface area contributed by atoms with Gasteiger partial charge in [0.25, 0.3) is 11.4 Å². The van der Waals surface area contributed by atoms with Gasteiger partial charge in [0, 0.05) is 6.20 Å². The summed E-state index contributed by atoms with van der Waals surface area (Å²) in [5.74, 6) is -2.41. The topological polar surface area (TPSA) is 157 Å². The van der Waals surface area contributed by atoms with E-state index in [1.54, 1.807) is 19.1 Å². The molecule has 1 aromatic carbocycles. The number of carboxylic acids is 1. The molecule has 0 aliphatic heterocycles. The molecule has 12 nitrogen and oxygen atoms in total. The number of aromatic amines is 1. The van der Waals surface area contributed by atoms with E-state index >= 15 is 0 Å². The van der Waals surface area contributed by atoms with E-state index in [9.17, 15) is 27.9 Å². The zero-order valence-electron chi connectivity index (χ0n) is 18.5. The molecule has 4 aromatic heterocycles. The summed E-state index contributed by atoms with van der Waals surface area (Å²) < 4.78 is 39.9. The fourth-order valence-electron chi connectivity index (χ4n) is 3.60. The molecule has 2 N–H and O–H groups in total. The Hall–Kier alpha value is -4.66. The number of benzene rings is 1. The maximum Gasteiger partial charge on any atom is 0.455 e. The predicted octanol–water partition coefficient (Wildman–Crippen LogP) is 2.88. The van der Waals surface area contributed by atoms with E-state index in [0.29, 0.717) is 10.4 Å². The lowest BCUT2D eigenvalue weighted by Crippen LogP contribution is -2.13. The highest BCUT2D eigenvalue weighted by atomic mass is 35.5. The third kappa shape index (κ3) is 4.51. The second kappa shape index (κ2) is 8.77. The quantitative estimate of drug-likeness (QED) is 0.348. The van der Waals surface area contributed by atoms with E-state index < -0.39 is 23.5 Å². The Labute approximate surface area is 208 Å². The summed E-state index contributed by atoms with van der Waals surface area (Å²) in [6.07, 6.45) is -3.31. The number of halogens is 4. The number of nitrogens with one attached hydrogen (secondary N) is 1. The maximum atomic E-state index is 12.9. The van der Waals surface area contributed by atoms with Crippen LogP contribution < -0.4 is 5.56 Å². The second-order valence-electron chi connectivity index (χ2n) is 7.79. The lowest BCUT2D eigenvalue weighted by molar-refractivity contribution is -0.145. The van der Waals surface area contributed by atoms with Gasteiger partial charge in [-0.2, -0.15) is 23.1 Å². The van der Waals surface area contributed by atoms with Gasteiger partial charge in [-0.1, -0.05) is 11.6 Å². The van der Waals surface area contributed by atoms with Crippen molar-refractivity contribution in [3.8, 4) is 17.3 Å². The molecule has 0 bridgehead atoms. The van der Waals surface area contributed by atoms with Crippen molar-refractivity contribution in [3.05, 3.63) is 74.6 Å². The molecule has 0 spiro atoms. The van der Waals surface area contributed by atoms with Crippen LogP contribution in [-0.4, -0.2) is 56.0 Å². The fourth-order valence-corrected chi connectivity index (χ4v) is 3.80. The first-order chi connectivity index (χ1) is 17.5. The Morgan fingerprint density at radius 3 is 2.68 bits per heavy atom. The number of alkyl halides is 3. The third-order valence-electron chi connectivity index (χ3n) is 5.20. The highest BCUT2D eigenvalue weighted by molar-refractivity contribution is 6.32. The van der Waals surface area contributed by atoms with Crippen LogP contribution in [0.5, 0.6) is 0 Å². The largest absolute Gasteiger partial charge is 0.478 e. The molecule has 37 heavy (non-hydrogen) atoms. The van der Waals surface area contributed by atoms with Gasteiger partial charge in [0.1, 0.15) is 12.2 Å². The lowest BCUT2D eigenvalue weighted by atomic mass is 10.1. The number of tetrazole rings is 1. The first-order valence-electron chi connectivity index (χ1n) is 10.3. The molecule has 188 valence electrons. The van der Waals surface area contributed by atoms with Crippen molar-refractivity contribution in [2.24, 2.45) is 0 Å². The highest BCUT2D eigenvalue weighted by Gasteiger charge is 2.36. The normalized spacial score (nSPS) is 11.8. The molecule has 0 unspecified atom stereocenters. The van der Waals surface area contributed by atoms with Gasteiger partial charge in [-0.25, -0.2) is 19.4 Å². The van der Waals surface area contributed by atoms with Crippen molar-refractivity contribution in [2.45, 2.75) is 19.6 Å². The number of hydrogen-bond donors (Lipinski definition) is 2. The number of aromatic carboxylic acids is 1. The van der Waals surface area contributed by atoms with Gasteiger partial charge in [-0.3, -0.25) is 4.79 Å². The zero-order valence-corrected chi connectivity index (χ0v) is 19.3. The number of carbonyl (C=O) groups is 1. The van der Waals surface area contributed by atoms with Crippen molar-refractivity contribution in [1.29, 1.82) is 0 Å². The SMILES string of the molecule is Cc1cc(C(=O)O)cc2c(=O)[nH]c(-c3cc(Cn4nnc(C(F)(F)F)n4)nn3-c3ncccc3Cl)nc12. The maximum absolute atomic E-state index is 12.9. The summed E-state index contributed by atoms with van der Waals surface area (Å²) >= 11 is 6.30. The van der Waals surface area contributed by atoms with Crippen LogP contribution in [0.15, 0.2) is 41.3 Å². The number of fused-ring (bicyclic) bond motifs is 1. The highest BCUT2D eigenvalue weighted by Crippen LogP contribution is 2.27. The number of H-pyrrole nitrogens is 1. The van der Waals surface area contributed by atoms with Crippen LogP contribution in [0.3, 0.4) is 0 Å². The van der Waals surface area contributed by atoms with Gasteiger partial charge >= 0.3 is 12.1 Å². The first kappa shape index (κ1) is 24.1. The van der Waals surface area contributed by atoms with Crippen LogP contribution >= 0.6 is 11.6 Å². The molecular formula is C21H13ClF3N9O3. The van der Waals surface area contributed by atoms with Crippen molar-refractivity contribution in [2.75, 3.05) is 0 Å². The van der Waals surface area contributed by atoms with Crippen molar-refractivity contribution >= 4 is 28.5 Å². The average Bonchev–Trinajstić information content (AvgIpc) is 3.47. The van der Waals surface area contributed by atoms with Crippen LogP contribution in [0.25, 0.3) is 28.2 Å².